The van der Waals surface area contributed by atoms with E-state index in [1.165, 1.54) is 0 Å². The number of pyridine rings is 1. The number of amides is 1. The van der Waals surface area contributed by atoms with E-state index in [1.807, 2.05) is 47.4 Å². The van der Waals surface area contributed by atoms with Crippen molar-refractivity contribution in [3.63, 3.8) is 0 Å². The number of aliphatic carboxylic acids is 1. The van der Waals surface area contributed by atoms with E-state index in [1.54, 1.807) is 12.4 Å². The van der Waals surface area contributed by atoms with Crippen LogP contribution in [-0.4, -0.2) is 70.7 Å². The van der Waals surface area contributed by atoms with Crippen molar-refractivity contribution in [3.05, 3.63) is 60.4 Å². The van der Waals surface area contributed by atoms with Gasteiger partial charge >= 0.3 is 5.97 Å². The molecule has 3 heterocycles. The smallest absolute Gasteiger partial charge is 0.306 e. The minimum atomic E-state index is -0.766. The minimum Gasteiger partial charge on any atom is -0.481 e. The first kappa shape index (κ1) is 19.4. The van der Waals surface area contributed by atoms with Crippen molar-refractivity contribution in [2.45, 2.75) is 19.0 Å². The molecule has 29 heavy (non-hydrogen) atoms. The summed E-state index contributed by atoms with van der Waals surface area (Å²) >= 11 is 0. The molecule has 0 saturated carbocycles. The summed E-state index contributed by atoms with van der Waals surface area (Å²) in [6, 6.07) is 13.3. The number of aromatic nitrogens is 1. The Morgan fingerprint density at radius 3 is 2.28 bits per heavy atom. The zero-order valence-corrected chi connectivity index (χ0v) is 16.4. The van der Waals surface area contributed by atoms with E-state index in [-0.39, 0.29) is 12.1 Å². The molecule has 2 atom stereocenters. The van der Waals surface area contributed by atoms with Crippen LogP contribution in [0.1, 0.15) is 23.2 Å². The van der Waals surface area contributed by atoms with Gasteiger partial charge in [0.05, 0.1) is 12.1 Å². The van der Waals surface area contributed by atoms with Crippen LogP contribution in [-0.2, 0) is 4.79 Å². The van der Waals surface area contributed by atoms with Gasteiger partial charge in [0.15, 0.2) is 0 Å². The average molecular weight is 394 g/mol. The lowest BCUT2D eigenvalue weighted by atomic mass is 9.92. The first-order valence-corrected chi connectivity index (χ1v) is 10.1. The van der Waals surface area contributed by atoms with Crippen LogP contribution in [0.3, 0.4) is 0 Å². The van der Waals surface area contributed by atoms with Crippen molar-refractivity contribution in [2.75, 3.05) is 37.6 Å². The highest BCUT2D eigenvalue weighted by molar-refractivity contribution is 5.94. The predicted molar refractivity (Wildman–Crippen MR) is 110 cm³/mol. The quantitative estimate of drug-likeness (QED) is 0.857. The van der Waals surface area contributed by atoms with E-state index in [9.17, 15) is 14.7 Å². The maximum atomic E-state index is 13.1. The summed E-state index contributed by atoms with van der Waals surface area (Å²) in [5.41, 5.74) is 1.80. The van der Waals surface area contributed by atoms with Gasteiger partial charge in [-0.3, -0.25) is 19.5 Å². The third kappa shape index (κ3) is 4.24. The van der Waals surface area contributed by atoms with Crippen molar-refractivity contribution in [3.8, 4) is 0 Å². The van der Waals surface area contributed by atoms with Crippen LogP contribution in [0.2, 0.25) is 0 Å². The number of carboxylic acid groups (broad SMARTS) is 1. The zero-order chi connectivity index (χ0) is 20.2. The van der Waals surface area contributed by atoms with Crippen LogP contribution in [0.25, 0.3) is 0 Å². The molecule has 2 saturated heterocycles. The van der Waals surface area contributed by atoms with Crippen LogP contribution in [0.4, 0.5) is 5.69 Å². The highest BCUT2D eigenvalue weighted by Crippen LogP contribution is 2.28. The first-order valence-electron chi connectivity index (χ1n) is 10.1. The molecular formula is C22H26N4O3. The molecule has 7 heteroatoms. The number of piperazine rings is 1. The second-order valence-electron chi connectivity index (χ2n) is 7.63. The lowest BCUT2D eigenvalue weighted by Crippen LogP contribution is -2.60. The van der Waals surface area contributed by atoms with Gasteiger partial charge in [0, 0.05) is 56.4 Å². The fraction of sp³-hybridized carbons (Fsp3) is 0.409. The number of likely N-dealkylation sites (tertiary alicyclic amines) is 1. The summed E-state index contributed by atoms with van der Waals surface area (Å²) in [6.07, 6.45) is 4.38. The van der Waals surface area contributed by atoms with Crippen molar-refractivity contribution in [1.29, 1.82) is 0 Å². The minimum absolute atomic E-state index is 0.0176. The summed E-state index contributed by atoms with van der Waals surface area (Å²) < 4.78 is 0. The van der Waals surface area contributed by atoms with E-state index < -0.39 is 11.9 Å². The van der Waals surface area contributed by atoms with E-state index in [0.29, 0.717) is 24.9 Å². The summed E-state index contributed by atoms with van der Waals surface area (Å²) in [4.78, 5) is 35.3. The van der Waals surface area contributed by atoms with Crippen molar-refractivity contribution in [1.82, 2.24) is 14.8 Å². The Hall–Kier alpha value is -2.93. The molecule has 2 aromatic rings. The van der Waals surface area contributed by atoms with E-state index in [2.05, 4.69) is 14.8 Å². The Morgan fingerprint density at radius 2 is 1.62 bits per heavy atom. The topological polar surface area (TPSA) is 77.0 Å². The third-order valence-corrected chi connectivity index (χ3v) is 5.97. The summed E-state index contributed by atoms with van der Waals surface area (Å²) in [6.45, 7) is 3.73. The molecule has 0 bridgehead atoms. The molecule has 2 unspecified atom stereocenters. The van der Waals surface area contributed by atoms with E-state index in [4.69, 9.17) is 0 Å². The lowest BCUT2D eigenvalue weighted by molar-refractivity contribution is -0.145. The van der Waals surface area contributed by atoms with Gasteiger partial charge in [-0.15, -0.1) is 0 Å². The molecule has 0 spiro atoms. The average Bonchev–Trinajstić information content (AvgIpc) is 2.79. The number of carbonyl (C=O) groups is 2. The Kier molecular flexibility index (Phi) is 5.76. The molecule has 7 nitrogen and oxygen atoms in total. The second kappa shape index (κ2) is 8.61. The Morgan fingerprint density at radius 1 is 0.931 bits per heavy atom. The van der Waals surface area contributed by atoms with Crippen LogP contribution in [0.5, 0.6) is 0 Å². The Labute approximate surface area is 170 Å². The van der Waals surface area contributed by atoms with Crippen LogP contribution in [0.15, 0.2) is 54.9 Å². The fourth-order valence-electron chi connectivity index (χ4n) is 4.33. The number of piperidine rings is 1. The van der Waals surface area contributed by atoms with E-state index in [0.717, 1.165) is 31.9 Å². The summed E-state index contributed by atoms with van der Waals surface area (Å²) in [5, 5.41) is 9.55. The van der Waals surface area contributed by atoms with Gasteiger partial charge in [-0.2, -0.15) is 0 Å². The predicted octanol–water partition coefficient (Wildman–Crippen LogP) is 2.17. The molecule has 2 fully saturated rings. The number of hydrogen-bond donors (Lipinski definition) is 1. The molecule has 1 aromatic heterocycles. The molecule has 2 aliphatic rings. The van der Waals surface area contributed by atoms with Gasteiger partial charge in [0.2, 0.25) is 0 Å². The highest BCUT2D eigenvalue weighted by atomic mass is 16.4. The van der Waals surface area contributed by atoms with Crippen LogP contribution >= 0.6 is 0 Å². The molecule has 1 amide bonds. The zero-order valence-electron chi connectivity index (χ0n) is 16.4. The van der Waals surface area contributed by atoms with Crippen molar-refractivity contribution < 1.29 is 14.7 Å². The van der Waals surface area contributed by atoms with Crippen LogP contribution in [0, 0.1) is 5.92 Å². The molecule has 0 aliphatic carbocycles. The summed E-state index contributed by atoms with van der Waals surface area (Å²) in [7, 11) is 0. The van der Waals surface area contributed by atoms with Crippen LogP contribution < -0.4 is 4.90 Å². The second-order valence-corrected chi connectivity index (χ2v) is 7.63. The first-order chi connectivity index (χ1) is 14.1. The lowest BCUT2D eigenvalue weighted by Gasteiger charge is -2.47. The molecule has 152 valence electrons. The normalized spacial score (nSPS) is 23.0. The van der Waals surface area contributed by atoms with Crippen molar-refractivity contribution >= 4 is 17.6 Å². The maximum absolute atomic E-state index is 13.1. The number of carboxylic acids is 1. The van der Waals surface area contributed by atoms with E-state index >= 15 is 0 Å². The number of benzene rings is 1. The van der Waals surface area contributed by atoms with Gasteiger partial charge in [-0.25, -0.2) is 0 Å². The largest absolute Gasteiger partial charge is 0.481 e. The van der Waals surface area contributed by atoms with Gasteiger partial charge in [-0.1, -0.05) is 18.2 Å². The number of carbonyl (C=O) groups excluding carboxylic acids is 1. The molecule has 1 aromatic carbocycles. The number of hydrogen-bond acceptors (Lipinski definition) is 5. The fourth-order valence-corrected chi connectivity index (χ4v) is 4.33. The van der Waals surface area contributed by atoms with Gasteiger partial charge < -0.3 is 14.9 Å². The third-order valence-electron chi connectivity index (χ3n) is 5.97. The molecular weight excluding hydrogens is 368 g/mol. The summed E-state index contributed by atoms with van der Waals surface area (Å²) in [5.74, 6) is -1.19. The highest BCUT2D eigenvalue weighted by Gasteiger charge is 2.39. The Bertz CT molecular complexity index is 838. The number of anilines is 1. The SMILES string of the molecule is O=C(O)C1CCN(C(=O)c2ccccc2)C(N2CCN(c3ccncc3)CC2)C1. The van der Waals surface area contributed by atoms with Crippen molar-refractivity contribution in [2.24, 2.45) is 5.92 Å². The number of rotatable bonds is 4. The Balaban J connectivity index is 1.49. The number of nitrogens with zero attached hydrogens (tertiary/aromatic N) is 4. The molecule has 4 rings (SSSR count). The molecule has 0 radical (unpaired) electrons. The monoisotopic (exact) mass is 394 g/mol. The standard InChI is InChI=1S/C22H26N4O3/c27-21(17-4-2-1-3-5-17)26-11-8-18(22(28)29)16-20(26)25-14-12-24(13-15-25)19-6-9-23-10-7-19/h1-7,9-10,18,20H,8,11-16H2,(H,28,29). The van der Waals surface area contributed by atoms with Gasteiger partial charge in [-0.05, 0) is 37.1 Å². The maximum Gasteiger partial charge on any atom is 0.306 e. The van der Waals surface area contributed by atoms with Gasteiger partial charge in [0.25, 0.3) is 5.91 Å². The molecule has 2 aliphatic heterocycles. The van der Waals surface area contributed by atoms with Gasteiger partial charge in [0.1, 0.15) is 0 Å². The molecule has 1 N–H and O–H groups in total.